The predicted octanol–water partition coefficient (Wildman–Crippen LogP) is 3.11. The molecule has 1 atom stereocenters. The first-order chi connectivity index (χ1) is 11.0. The number of carbonyl (C=O) groups is 2. The van der Waals surface area contributed by atoms with Crippen molar-refractivity contribution in [2.75, 3.05) is 7.05 Å². The van der Waals surface area contributed by atoms with Crippen LogP contribution >= 0.6 is 22.9 Å². The lowest BCUT2D eigenvalue weighted by Crippen LogP contribution is -2.45. The van der Waals surface area contributed by atoms with Crippen molar-refractivity contribution >= 4 is 34.8 Å². The zero-order valence-corrected chi connectivity index (χ0v) is 14.5. The molecule has 0 unspecified atom stereocenters. The second-order valence-electron chi connectivity index (χ2n) is 4.97. The molecule has 0 aliphatic carbocycles. The molecule has 2 aromatic rings. The van der Waals surface area contributed by atoms with Gasteiger partial charge in [0.1, 0.15) is 16.7 Å². The average molecular weight is 352 g/mol. The van der Waals surface area contributed by atoms with Crippen LogP contribution in [0.15, 0.2) is 29.6 Å². The number of halogens is 1. The second kappa shape index (κ2) is 8.08. The maximum atomic E-state index is 12.3. The van der Waals surface area contributed by atoms with Crippen LogP contribution in [0.5, 0.6) is 0 Å². The Bertz CT molecular complexity index is 685. The summed E-state index contributed by atoms with van der Waals surface area (Å²) in [7, 11) is 1.55. The van der Waals surface area contributed by atoms with E-state index in [0.717, 1.165) is 17.0 Å². The highest BCUT2D eigenvalue weighted by Gasteiger charge is 2.21. The lowest BCUT2D eigenvalue weighted by molar-refractivity contribution is -0.122. The third kappa shape index (κ3) is 4.53. The van der Waals surface area contributed by atoms with E-state index in [4.69, 9.17) is 11.6 Å². The van der Waals surface area contributed by atoms with E-state index in [0.29, 0.717) is 17.1 Å². The third-order valence-corrected chi connectivity index (χ3v) is 4.42. The summed E-state index contributed by atoms with van der Waals surface area (Å²) < 4.78 is 0. The first kappa shape index (κ1) is 17.4. The number of amides is 2. The molecule has 7 heteroatoms. The molecule has 2 N–H and O–H groups in total. The third-order valence-electron chi connectivity index (χ3n) is 3.27. The van der Waals surface area contributed by atoms with Gasteiger partial charge in [-0.15, -0.1) is 11.3 Å². The van der Waals surface area contributed by atoms with Crippen LogP contribution in [-0.2, 0) is 4.79 Å². The van der Waals surface area contributed by atoms with Gasteiger partial charge in [0.2, 0.25) is 5.91 Å². The van der Waals surface area contributed by atoms with Gasteiger partial charge in [0.05, 0.1) is 0 Å². The molecule has 5 nitrogen and oxygen atoms in total. The fraction of sp³-hybridized carbons (Fsp3) is 0.312. The second-order valence-corrected chi connectivity index (χ2v) is 6.27. The summed E-state index contributed by atoms with van der Waals surface area (Å²) in [6.07, 6.45) is 1.38. The standard InChI is InChI=1S/C16H18ClN3O2S/c1-3-4-12(14(21)18-2)19-15(22)13-9-23-16(20-13)10-5-7-11(17)8-6-10/h5-9,12H,3-4H2,1-2H3,(H,18,21)(H,19,22)/t12-/m0/s1. The van der Waals surface area contributed by atoms with Crippen molar-refractivity contribution in [3.63, 3.8) is 0 Å². The van der Waals surface area contributed by atoms with Crippen molar-refractivity contribution in [2.24, 2.45) is 0 Å². The molecular formula is C16H18ClN3O2S. The van der Waals surface area contributed by atoms with Crippen molar-refractivity contribution < 1.29 is 9.59 Å². The highest BCUT2D eigenvalue weighted by Crippen LogP contribution is 2.25. The van der Waals surface area contributed by atoms with Crippen LogP contribution < -0.4 is 10.6 Å². The summed E-state index contributed by atoms with van der Waals surface area (Å²) in [6, 6.07) is 6.72. The summed E-state index contributed by atoms with van der Waals surface area (Å²) in [4.78, 5) is 28.4. The largest absolute Gasteiger partial charge is 0.357 e. The lowest BCUT2D eigenvalue weighted by Gasteiger charge is -2.15. The number of rotatable bonds is 6. The molecule has 0 radical (unpaired) electrons. The summed E-state index contributed by atoms with van der Waals surface area (Å²) in [5, 5.41) is 8.36. The van der Waals surface area contributed by atoms with Crippen LogP contribution in [0.4, 0.5) is 0 Å². The molecule has 0 bridgehead atoms. The number of thiazole rings is 1. The van der Waals surface area contributed by atoms with Gasteiger partial charge in [0.15, 0.2) is 0 Å². The lowest BCUT2D eigenvalue weighted by atomic mass is 10.1. The SMILES string of the molecule is CCC[C@H](NC(=O)c1csc(-c2ccc(Cl)cc2)n1)C(=O)NC. The Hall–Kier alpha value is -1.92. The van der Waals surface area contributed by atoms with Crippen LogP contribution in [0.2, 0.25) is 5.02 Å². The smallest absolute Gasteiger partial charge is 0.271 e. The van der Waals surface area contributed by atoms with Crippen molar-refractivity contribution in [3.05, 3.63) is 40.4 Å². The molecular weight excluding hydrogens is 334 g/mol. The van der Waals surface area contributed by atoms with Gasteiger partial charge in [-0.3, -0.25) is 9.59 Å². The molecule has 0 spiro atoms. The Morgan fingerprint density at radius 2 is 2.00 bits per heavy atom. The van der Waals surface area contributed by atoms with Gasteiger partial charge in [-0.1, -0.05) is 37.1 Å². The number of aromatic nitrogens is 1. The summed E-state index contributed by atoms with van der Waals surface area (Å²) >= 11 is 7.24. The number of carbonyl (C=O) groups excluding carboxylic acids is 2. The molecule has 0 aliphatic heterocycles. The number of likely N-dealkylation sites (N-methyl/N-ethyl adjacent to an activating group) is 1. The van der Waals surface area contributed by atoms with Crippen LogP contribution in [0, 0.1) is 0 Å². The molecule has 1 aromatic heterocycles. The molecule has 23 heavy (non-hydrogen) atoms. The van der Waals surface area contributed by atoms with Crippen molar-refractivity contribution in [3.8, 4) is 10.6 Å². The van der Waals surface area contributed by atoms with Gasteiger partial charge >= 0.3 is 0 Å². The number of hydrogen-bond donors (Lipinski definition) is 2. The normalized spacial score (nSPS) is 11.8. The molecule has 0 fully saturated rings. The number of nitrogens with one attached hydrogen (secondary N) is 2. The Labute approximate surface area is 144 Å². The highest BCUT2D eigenvalue weighted by atomic mass is 35.5. The zero-order valence-electron chi connectivity index (χ0n) is 12.9. The molecule has 1 aromatic carbocycles. The van der Waals surface area contributed by atoms with E-state index >= 15 is 0 Å². The van der Waals surface area contributed by atoms with E-state index in [1.807, 2.05) is 19.1 Å². The maximum absolute atomic E-state index is 12.3. The summed E-state index contributed by atoms with van der Waals surface area (Å²) in [6.45, 7) is 1.96. The van der Waals surface area contributed by atoms with Gasteiger partial charge in [-0.25, -0.2) is 4.98 Å². The van der Waals surface area contributed by atoms with Crippen LogP contribution in [0.3, 0.4) is 0 Å². The van der Waals surface area contributed by atoms with Crippen LogP contribution in [-0.4, -0.2) is 29.9 Å². The molecule has 0 aliphatic rings. The van der Waals surface area contributed by atoms with Gasteiger partial charge < -0.3 is 10.6 Å². The molecule has 0 saturated heterocycles. The molecule has 1 heterocycles. The van der Waals surface area contributed by atoms with Crippen LogP contribution in [0.25, 0.3) is 10.6 Å². The first-order valence-electron chi connectivity index (χ1n) is 7.29. The summed E-state index contributed by atoms with van der Waals surface area (Å²) in [5.74, 6) is -0.545. The van der Waals surface area contributed by atoms with Gasteiger partial charge in [0.25, 0.3) is 5.91 Å². The first-order valence-corrected chi connectivity index (χ1v) is 8.54. The molecule has 122 valence electrons. The maximum Gasteiger partial charge on any atom is 0.271 e. The van der Waals surface area contributed by atoms with Crippen molar-refractivity contribution in [1.29, 1.82) is 0 Å². The van der Waals surface area contributed by atoms with E-state index < -0.39 is 6.04 Å². The monoisotopic (exact) mass is 351 g/mol. The Balaban J connectivity index is 2.11. The van der Waals surface area contributed by atoms with Crippen molar-refractivity contribution in [1.82, 2.24) is 15.6 Å². The average Bonchev–Trinajstić information content (AvgIpc) is 3.04. The Morgan fingerprint density at radius 1 is 1.30 bits per heavy atom. The van der Waals surface area contributed by atoms with Gasteiger partial charge in [0, 0.05) is 23.0 Å². The minimum Gasteiger partial charge on any atom is -0.357 e. The van der Waals surface area contributed by atoms with E-state index in [1.54, 1.807) is 24.6 Å². The minimum atomic E-state index is -0.543. The predicted molar refractivity (Wildman–Crippen MR) is 92.8 cm³/mol. The highest BCUT2D eigenvalue weighted by molar-refractivity contribution is 7.13. The van der Waals surface area contributed by atoms with Gasteiger partial charge in [-0.2, -0.15) is 0 Å². The van der Waals surface area contributed by atoms with E-state index in [-0.39, 0.29) is 11.8 Å². The molecule has 2 rings (SSSR count). The van der Waals surface area contributed by atoms with Crippen molar-refractivity contribution in [2.45, 2.75) is 25.8 Å². The fourth-order valence-electron chi connectivity index (χ4n) is 2.07. The minimum absolute atomic E-state index is 0.201. The molecule has 2 amide bonds. The van der Waals surface area contributed by atoms with E-state index in [2.05, 4.69) is 15.6 Å². The number of nitrogens with zero attached hydrogens (tertiary/aromatic N) is 1. The van der Waals surface area contributed by atoms with E-state index in [1.165, 1.54) is 11.3 Å². The van der Waals surface area contributed by atoms with Crippen LogP contribution in [0.1, 0.15) is 30.3 Å². The fourth-order valence-corrected chi connectivity index (χ4v) is 3.00. The quantitative estimate of drug-likeness (QED) is 0.840. The number of hydrogen-bond acceptors (Lipinski definition) is 4. The summed E-state index contributed by atoms with van der Waals surface area (Å²) in [5.41, 5.74) is 1.21. The van der Waals surface area contributed by atoms with E-state index in [9.17, 15) is 9.59 Å². The zero-order chi connectivity index (χ0) is 16.8. The van der Waals surface area contributed by atoms with Gasteiger partial charge in [-0.05, 0) is 18.6 Å². The topological polar surface area (TPSA) is 71.1 Å². The Morgan fingerprint density at radius 3 is 2.61 bits per heavy atom. The molecule has 0 saturated carbocycles. The number of benzene rings is 1. The Kier molecular flexibility index (Phi) is 6.12.